The Hall–Kier alpha value is -1.08. The fourth-order valence-corrected chi connectivity index (χ4v) is 3.05. The third-order valence-corrected chi connectivity index (χ3v) is 5.31. The molecule has 25 heavy (non-hydrogen) atoms. The summed E-state index contributed by atoms with van der Waals surface area (Å²) in [6.07, 6.45) is 2.12. The maximum atomic E-state index is 12.5. The van der Waals surface area contributed by atoms with Crippen LogP contribution in [0.5, 0.6) is 0 Å². The summed E-state index contributed by atoms with van der Waals surface area (Å²) in [6.45, 7) is 9.98. The van der Waals surface area contributed by atoms with Gasteiger partial charge in [0.25, 0.3) is 5.91 Å². The van der Waals surface area contributed by atoms with Crippen molar-refractivity contribution in [3.05, 3.63) is 29.8 Å². The highest BCUT2D eigenvalue weighted by Crippen LogP contribution is 2.36. The number of rotatable bonds is 3. The minimum absolute atomic E-state index is 0. The molecule has 0 aromatic heterocycles. The molecule has 0 saturated carbocycles. The van der Waals surface area contributed by atoms with Gasteiger partial charge in [-0.3, -0.25) is 4.79 Å². The highest BCUT2D eigenvalue weighted by atomic mass is 35.5. The molecular weight excluding hydrogens is 338 g/mol. The molecule has 0 bridgehead atoms. The minimum Gasteiger partial charge on any atom is -0.399 e. The highest BCUT2D eigenvalue weighted by molar-refractivity contribution is 6.62. The SMILES string of the molecule is CC1(C)OB(c2cccc(C(=O)N[C@H]3CCCNC3)c2)OC1(C)C.Cl. The van der Waals surface area contributed by atoms with Crippen LogP contribution in [-0.4, -0.2) is 43.4 Å². The molecule has 2 aliphatic heterocycles. The van der Waals surface area contributed by atoms with E-state index in [0.717, 1.165) is 31.4 Å². The predicted octanol–water partition coefficient (Wildman–Crippen LogP) is 1.89. The fraction of sp³-hybridized carbons (Fsp3) is 0.611. The summed E-state index contributed by atoms with van der Waals surface area (Å²) in [5.74, 6) is -0.0398. The van der Waals surface area contributed by atoms with Crippen molar-refractivity contribution in [2.45, 2.75) is 57.8 Å². The molecular formula is C18H28BClN2O3. The van der Waals surface area contributed by atoms with Crippen molar-refractivity contribution < 1.29 is 14.1 Å². The zero-order valence-electron chi connectivity index (χ0n) is 15.4. The van der Waals surface area contributed by atoms with Crippen LogP contribution in [0.4, 0.5) is 0 Å². The summed E-state index contributed by atoms with van der Waals surface area (Å²) < 4.78 is 12.1. The smallest absolute Gasteiger partial charge is 0.399 e. The van der Waals surface area contributed by atoms with Crippen LogP contribution in [0.25, 0.3) is 0 Å². The van der Waals surface area contributed by atoms with Crippen LogP contribution in [-0.2, 0) is 9.31 Å². The predicted molar refractivity (Wildman–Crippen MR) is 103 cm³/mol. The van der Waals surface area contributed by atoms with Crippen molar-refractivity contribution in [3.63, 3.8) is 0 Å². The Morgan fingerprint density at radius 1 is 1.24 bits per heavy atom. The van der Waals surface area contributed by atoms with E-state index in [2.05, 4.69) is 10.6 Å². The van der Waals surface area contributed by atoms with Gasteiger partial charge in [-0.2, -0.15) is 0 Å². The first-order valence-corrected chi connectivity index (χ1v) is 8.76. The van der Waals surface area contributed by atoms with Crippen LogP contribution in [0.15, 0.2) is 24.3 Å². The first-order valence-electron chi connectivity index (χ1n) is 8.76. The van der Waals surface area contributed by atoms with Gasteiger partial charge in [-0.15, -0.1) is 12.4 Å². The highest BCUT2D eigenvalue weighted by Gasteiger charge is 2.51. The lowest BCUT2D eigenvalue weighted by Crippen LogP contribution is -2.45. The molecule has 1 atom stereocenters. The number of hydrogen-bond acceptors (Lipinski definition) is 4. The van der Waals surface area contributed by atoms with E-state index < -0.39 is 7.12 Å². The van der Waals surface area contributed by atoms with Crippen LogP contribution in [0, 0.1) is 0 Å². The van der Waals surface area contributed by atoms with Gasteiger partial charge in [0.1, 0.15) is 0 Å². The van der Waals surface area contributed by atoms with Crippen molar-refractivity contribution in [2.24, 2.45) is 0 Å². The number of benzene rings is 1. The molecule has 2 fully saturated rings. The third-order valence-electron chi connectivity index (χ3n) is 5.31. The molecule has 2 saturated heterocycles. The number of halogens is 1. The summed E-state index contributed by atoms with van der Waals surface area (Å²) >= 11 is 0. The van der Waals surface area contributed by atoms with E-state index in [1.165, 1.54) is 0 Å². The Labute approximate surface area is 156 Å². The lowest BCUT2D eigenvalue weighted by molar-refractivity contribution is 0.00578. The molecule has 2 N–H and O–H groups in total. The van der Waals surface area contributed by atoms with Crippen molar-refractivity contribution in [1.82, 2.24) is 10.6 Å². The molecule has 1 amide bonds. The van der Waals surface area contributed by atoms with Crippen LogP contribution < -0.4 is 16.1 Å². The number of amides is 1. The topological polar surface area (TPSA) is 59.6 Å². The van der Waals surface area contributed by atoms with E-state index in [9.17, 15) is 4.79 Å². The molecule has 2 aliphatic rings. The van der Waals surface area contributed by atoms with Gasteiger partial charge < -0.3 is 19.9 Å². The van der Waals surface area contributed by atoms with Crippen molar-refractivity contribution in [1.29, 1.82) is 0 Å². The zero-order chi connectivity index (χ0) is 17.4. The molecule has 1 aromatic rings. The summed E-state index contributed by atoms with van der Waals surface area (Å²) in [6, 6.07) is 7.73. The van der Waals surface area contributed by atoms with E-state index in [1.54, 1.807) is 0 Å². The maximum absolute atomic E-state index is 12.5. The average molecular weight is 367 g/mol. The van der Waals surface area contributed by atoms with E-state index in [0.29, 0.717) is 5.56 Å². The van der Waals surface area contributed by atoms with Gasteiger partial charge in [0.05, 0.1) is 11.2 Å². The molecule has 3 rings (SSSR count). The van der Waals surface area contributed by atoms with Crippen molar-refractivity contribution >= 4 is 30.9 Å². The van der Waals surface area contributed by atoms with Crippen molar-refractivity contribution in [3.8, 4) is 0 Å². The lowest BCUT2D eigenvalue weighted by atomic mass is 9.78. The normalized spacial score (nSPS) is 24.5. The number of nitrogens with one attached hydrogen (secondary N) is 2. The fourth-order valence-electron chi connectivity index (χ4n) is 3.05. The summed E-state index contributed by atoms with van der Waals surface area (Å²) in [4.78, 5) is 12.5. The Morgan fingerprint density at radius 3 is 2.52 bits per heavy atom. The van der Waals surface area contributed by atoms with E-state index in [-0.39, 0.29) is 35.6 Å². The van der Waals surface area contributed by atoms with Gasteiger partial charge in [0.15, 0.2) is 0 Å². The number of piperidine rings is 1. The van der Waals surface area contributed by atoms with E-state index >= 15 is 0 Å². The van der Waals surface area contributed by atoms with E-state index in [4.69, 9.17) is 9.31 Å². The van der Waals surface area contributed by atoms with Crippen LogP contribution in [0.1, 0.15) is 50.9 Å². The van der Waals surface area contributed by atoms with Gasteiger partial charge in [-0.05, 0) is 64.7 Å². The lowest BCUT2D eigenvalue weighted by Gasteiger charge is -2.32. The number of carbonyl (C=O) groups excluding carboxylic acids is 1. The minimum atomic E-state index is -0.445. The quantitative estimate of drug-likeness (QED) is 0.802. The standard InChI is InChI=1S/C18H27BN2O3.ClH/c1-17(2)18(3,4)24-19(23-17)14-8-5-7-13(11-14)16(22)21-15-9-6-10-20-12-15;/h5,7-8,11,15,20H,6,9-10,12H2,1-4H3,(H,21,22);1H/t15-;/m0./s1. The Kier molecular flexibility index (Phi) is 6.20. The second kappa shape index (κ2) is 7.66. The molecule has 2 heterocycles. The molecule has 0 unspecified atom stereocenters. The molecule has 1 aromatic carbocycles. The van der Waals surface area contributed by atoms with Gasteiger partial charge in [0, 0.05) is 18.2 Å². The van der Waals surface area contributed by atoms with Gasteiger partial charge in [-0.1, -0.05) is 12.1 Å². The first kappa shape index (κ1) is 20.2. The molecule has 0 aliphatic carbocycles. The van der Waals surface area contributed by atoms with E-state index in [1.807, 2.05) is 52.0 Å². The molecule has 138 valence electrons. The summed E-state index contributed by atoms with van der Waals surface area (Å²) in [5, 5.41) is 6.41. The van der Waals surface area contributed by atoms with Crippen LogP contribution in [0.2, 0.25) is 0 Å². The second-order valence-electron chi connectivity index (χ2n) is 7.73. The monoisotopic (exact) mass is 366 g/mol. The average Bonchev–Trinajstić information content (AvgIpc) is 2.76. The van der Waals surface area contributed by atoms with Gasteiger partial charge in [0.2, 0.25) is 0 Å². The Bertz CT molecular complexity index is 602. The second-order valence-corrected chi connectivity index (χ2v) is 7.73. The van der Waals surface area contributed by atoms with Crippen LogP contribution in [0.3, 0.4) is 0 Å². The van der Waals surface area contributed by atoms with Gasteiger partial charge in [-0.25, -0.2) is 0 Å². The Morgan fingerprint density at radius 2 is 1.92 bits per heavy atom. The zero-order valence-corrected chi connectivity index (χ0v) is 16.2. The molecule has 7 heteroatoms. The Balaban J connectivity index is 0.00000225. The molecule has 0 spiro atoms. The van der Waals surface area contributed by atoms with Crippen molar-refractivity contribution in [2.75, 3.05) is 13.1 Å². The summed E-state index contributed by atoms with van der Waals surface area (Å²) in [5.41, 5.74) is 0.753. The largest absolute Gasteiger partial charge is 0.494 e. The maximum Gasteiger partial charge on any atom is 0.494 e. The third kappa shape index (κ3) is 4.37. The first-order chi connectivity index (χ1) is 11.3. The van der Waals surface area contributed by atoms with Crippen LogP contribution >= 0.6 is 12.4 Å². The number of hydrogen-bond donors (Lipinski definition) is 2. The number of carbonyl (C=O) groups is 1. The molecule has 0 radical (unpaired) electrons. The van der Waals surface area contributed by atoms with Gasteiger partial charge >= 0.3 is 7.12 Å². The molecule has 5 nitrogen and oxygen atoms in total. The summed E-state index contributed by atoms with van der Waals surface area (Å²) in [7, 11) is -0.445.